The van der Waals surface area contributed by atoms with Crippen molar-refractivity contribution < 1.29 is 24.2 Å². The van der Waals surface area contributed by atoms with Crippen molar-refractivity contribution >= 4 is 52.8 Å². The van der Waals surface area contributed by atoms with E-state index >= 15 is 0 Å². The molecule has 0 radical (unpaired) electrons. The van der Waals surface area contributed by atoms with Crippen LogP contribution in [0.15, 0.2) is 36.8 Å². The first-order chi connectivity index (χ1) is 19.8. The summed E-state index contributed by atoms with van der Waals surface area (Å²) in [5.41, 5.74) is 7.01. The van der Waals surface area contributed by atoms with Gasteiger partial charge in [-0.25, -0.2) is 19.6 Å². The number of hydrogen-bond acceptors (Lipinski definition) is 9. The Labute approximate surface area is 252 Å². The number of esters is 1. The number of aromatic nitrogens is 4. The Morgan fingerprint density at radius 2 is 1.90 bits per heavy atom. The second kappa shape index (κ2) is 12.8. The summed E-state index contributed by atoms with van der Waals surface area (Å²) >= 11 is 12.5. The highest BCUT2D eigenvalue weighted by Crippen LogP contribution is 2.27. The first-order valence-corrected chi connectivity index (χ1v) is 13.9. The predicted molar refractivity (Wildman–Crippen MR) is 157 cm³/mol. The Kier molecular flexibility index (Phi) is 9.42. The molecule has 2 unspecified atom stereocenters. The lowest BCUT2D eigenvalue weighted by Crippen LogP contribution is -2.56. The second-order valence-corrected chi connectivity index (χ2v) is 11.6. The zero-order valence-corrected chi connectivity index (χ0v) is 24.8. The number of nitrogens with zero attached hydrogens (tertiary/aromatic N) is 5. The van der Waals surface area contributed by atoms with Gasteiger partial charge in [-0.3, -0.25) is 14.4 Å². The van der Waals surface area contributed by atoms with Crippen LogP contribution in [-0.2, 0) is 27.4 Å². The lowest BCUT2D eigenvalue weighted by molar-refractivity contribution is -0.162. The van der Waals surface area contributed by atoms with E-state index in [0.29, 0.717) is 39.1 Å². The van der Waals surface area contributed by atoms with E-state index in [9.17, 15) is 19.5 Å². The molecule has 3 aromatic rings. The normalized spacial score (nSPS) is 17.0. The number of halogens is 2. The van der Waals surface area contributed by atoms with Gasteiger partial charge in [-0.1, -0.05) is 29.3 Å². The van der Waals surface area contributed by atoms with Crippen LogP contribution in [0.3, 0.4) is 0 Å². The molecule has 1 aromatic carbocycles. The zero-order valence-electron chi connectivity index (χ0n) is 23.3. The van der Waals surface area contributed by atoms with Crippen LogP contribution in [0.2, 0.25) is 10.0 Å². The number of amides is 2. The molecule has 1 fully saturated rings. The standard InChI is InChI=1S/C27H32Cl2N8O5/c1-27(2,3)42-25(39)21-9-16(7-8-37(21)26(40)41)34-22(38)14-36-13-15(10-33-36)20-12-31-23(30)24(35-20)32-11-17-18(28)5-4-6-19(17)29/h4-6,10,12-13,16,21H,7-9,11,14H2,1-3H3,(H2,30,31)(H,32,35)(H,34,38)(H,40,41). The third kappa shape index (κ3) is 7.79. The first-order valence-electron chi connectivity index (χ1n) is 13.1. The van der Waals surface area contributed by atoms with Gasteiger partial charge < -0.3 is 26.2 Å². The summed E-state index contributed by atoms with van der Waals surface area (Å²) in [6.07, 6.45) is 3.94. The van der Waals surface area contributed by atoms with Crippen LogP contribution in [0.4, 0.5) is 16.4 Å². The Morgan fingerprint density at radius 1 is 1.19 bits per heavy atom. The molecule has 3 heterocycles. The molecule has 4 rings (SSSR count). The smallest absolute Gasteiger partial charge is 0.408 e. The number of carbonyl (C=O) groups excluding carboxylic acids is 2. The van der Waals surface area contributed by atoms with E-state index in [2.05, 4.69) is 25.7 Å². The molecule has 0 aliphatic carbocycles. The number of hydrogen-bond donors (Lipinski definition) is 4. The Hall–Kier alpha value is -4.10. The van der Waals surface area contributed by atoms with Crippen molar-refractivity contribution in [2.45, 2.75) is 64.4 Å². The maximum Gasteiger partial charge on any atom is 0.408 e. The van der Waals surface area contributed by atoms with Gasteiger partial charge in [0.05, 0.1) is 18.1 Å². The third-order valence-electron chi connectivity index (χ3n) is 6.42. The maximum absolute atomic E-state index is 12.8. The lowest BCUT2D eigenvalue weighted by atomic mass is 9.97. The number of carbonyl (C=O) groups is 3. The van der Waals surface area contributed by atoms with E-state index in [-0.39, 0.29) is 37.8 Å². The molecule has 5 N–H and O–H groups in total. The Morgan fingerprint density at radius 3 is 2.57 bits per heavy atom. The van der Waals surface area contributed by atoms with Crippen LogP contribution >= 0.6 is 23.2 Å². The fourth-order valence-corrected chi connectivity index (χ4v) is 4.99. The number of nitrogens with two attached hydrogens (primary N) is 1. The highest BCUT2D eigenvalue weighted by molar-refractivity contribution is 6.36. The number of piperidine rings is 1. The molecule has 2 aromatic heterocycles. The van der Waals surface area contributed by atoms with Gasteiger partial charge in [0, 0.05) is 46.5 Å². The highest BCUT2D eigenvalue weighted by atomic mass is 35.5. The number of carboxylic acid groups (broad SMARTS) is 1. The van der Waals surface area contributed by atoms with E-state index in [1.165, 1.54) is 10.9 Å². The van der Waals surface area contributed by atoms with Crippen LogP contribution < -0.4 is 16.4 Å². The number of nitrogens with one attached hydrogen (secondary N) is 2. The van der Waals surface area contributed by atoms with E-state index in [1.54, 1.807) is 51.4 Å². The van der Waals surface area contributed by atoms with E-state index in [4.69, 9.17) is 33.7 Å². The van der Waals surface area contributed by atoms with Crippen molar-refractivity contribution in [3.05, 3.63) is 52.4 Å². The highest BCUT2D eigenvalue weighted by Gasteiger charge is 2.39. The van der Waals surface area contributed by atoms with E-state index in [1.807, 2.05) is 0 Å². The minimum atomic E-state index is -1.21. The fourth-order valence-electron chi connectivity index (χ4n) is 4.46. The number of rotatable bonds is 8. The molecule has 2 atom stereocenters. The summed E-state index contributed by atoms with van der Waals surface area (Å²) in [6.45, 7) is 5.39. The number of nitrogen functional groups attached to an aromatic ring is 1. The molecule has 42 heavy (non-hydrogen) atoms. The summed E-state index contributed by atoms with van der Waals surface area (Å²) in [5.74, 6) is -0.466. The van der Waals surface area contributed by atoms with Gasteiger partial charge in [0.1, 0.15) is 18.2 Å². The van der Waals surface area contributed by atoms with Crippen LogP contribution in [0.25, 0.3) is 11.3 Å². The van der Waals surface area contributed by atoms with Gasteiger partial charge in [-0.2, -0.15) is 5.10 Å². The summed E-state index contributed by atoms with van der Waals surface area (Å²) in [7, 11) is 0. The third-order valence-corrected chi connectivity index (χ3v) is 7.13. The van der Waals surface area contributed by atoms with Gasteiger partial charge in [0.15, 0.2) is 11.6 Å². The van der Waals surface area contributed by atoms with Crippen molar-refractivity contribution in [1.29, 1.82) is 0 Å². The fraction of sp³-hybridized carbons (Fsp3) is 0.407. The topological polar surface area (TPSA) is 178 Å². The van der Waals surface area contributed by atoms with Crippen LogP contribution in [-0.4, -0.2) is 72.0 Å². The quantitative estimate of drug-likeness (QED) is 0.271. The number of anilines is 2. The summed E-state index contributed by atoms with van der Waals surface area (Å²) in [5, 5.41) is 20.8. The van der Waals surface area contributed by atoms with Gasteiger partial charge in [0.25, 0.3) is 0 Å². The Bertz CT molecular complexity index is 1450. The first kappa shape index (κ1) is 30.8. The van der Waals surface area contributed by atoms with Gasteiger partial charge >= 0.3 is 12.1 Å². The molecule has 0 saturated carbocycles. The molecule has 1 aliphatic rings. The zero-order chi connectivity index (χ0) is 30.6. The molecule has 15 heteroatoms. The van der Waals surface area contributed by atoms with Crippen molar-refractivity contribution in [2.24, 2.45) is 0 Å². The molecule has 13 nitrogen and oxygen atoms in total. The molecule has 224 valence electrons. The molecule has 0 bridgehead atoms. The summed E-state index contributed by atoms with van der Waals surface area (Å²) < 4.78 is 6.85. The Balaban J connectivity index is 1.38. The van der Waals surface area contributed by atoms with Crippen molar-refractivity contribution in [1.82, 2.24) is 30.0 Å². The molecule has 1 saturated heterocycles. The predicted octanol–water partition coefficient (Wildman–Crippen LogP) is 3.81. The maximum atomic E-state index is 12.8. The molecule has 0 spiro atoms. The van der Waals surface area contributed by atoms with Gasteiger partial charge in [-0.05, 0) is 45.7 Å². The SMILES string of the molecule is CC(C)(C)OC(=O)C1CC(NC(=O)Cn2cc(-c3cnc(N)c(NCc4c(Cl)cccc4Cl)n3)cn2)CCN1C(=O)O. The summed E-state index contributed by atoms with van der Waals surface area (Å²) in [4.78, 5) is 47.0. The minimum absolute atomic E-state index is 0.0883. The molecule has 1 aliphatic heterocycles. The molecule has 2 amide bonds. The molecular weight excluding hydrogens is 587 g/mol. The number of benzene rings is 1. The van der Waals surface area contributed by atoms with Crippen molar-refractivity contribution in [2.75, 3.05) is 17.6 Å². The van der Waals surface area contributed by atoms with Gasteiger partial charge in [-0.15, -0.1) is 0 Å². The van der Waals surface area contributed by atoms with E-state index in [0.717, 1.165) is 4.90 Å². The van der Waals surface area contributed by atoms with Crippen molar-refractivity contribution in [3.8, 4) is 11.3 Å². The molecular formula is C27H32Cl2N8O5. The largest absolute Gasteiger partial charge is 0.465 e. The van der Waals surface area contributed by atoms with Crippen LogP contribution in [0.5, 0.6) is 0 Å². The van der Waals surface area contributed by atoms with Crippen LogP contribution in [0, 0.1) is 0 Å². The lowest BCUT2D eigenvalue weighted by Gasteiger charge is -2.37. The second-order valence-electron chi connectivity index (χ2n) is 10.8. The van der Waals surface area contributed by atoms with E-state index < -0.39 is 29.7 Å². The average molecular weight is 620 g/mol. The number of likely N-dealkylation sites (tertiary alicyclic amines) is 1. The van der Waals surface area contributed by atoms with Crippen molar-refractivity contribution in [3.63, 3.8) is 0 Å². The average Bonchev–Trinajstić information content (AvgIpc) is 3.36. The monoisotopic (exact) mass is 618 g/mol. The summed E-state index contributed by atoms with van der Waals surface area (Å²) in [6, 6.07) is 3.79. The number of ether oxygens (including phenoxy) is 1. The van der Waals surface area contributed by atoms with Crippen LogP contribution in [0.1, 0.15) is 39.2 Å². The van der Waals surface area contributed by atoms with Gasteiger partial charge in [0.2, 0.25) is 5.91 Å². The minimum Gasteiger partial charge on any atom is -0.465 e.